The second-order valence-corrected chi connectivity index (χ2v) is 11.4. The van der Waals surface area contributed by atoms with Crippen molar-refractivity contribution < 1.29 is 8.42 Å². The number of hydrogen-bond acceptors (Lipinski definition) is 5. The predicted octanol–water partition coefficient (Wildman–Crippen LogP) is 4.98. The summed E-state index contributed by atoms with van der Waals surface area (Å²) in [7, 11) is -3.65. The molecule has 0 unspecified atom stereocenters. The number of aromatic nitrogens is 1. The number of hydrogen-bond donors (Lipinski definition) is 1. The Morgan fingerprint density at radius 2 is 1.72 bits per heavy atom. The van der Waals surface area contributed by atoms with Crippen LogP contribution in [0.2, 0.25) is 5.02 Å². The van der Waals surface area contributed by atoms with E-state index in [1.54, 1.807) is 34.5 Å². The van der Waals surface area contributed by atoms with Crippen LogP contribution in [0.25, 0.3) is 10.2 Å². The molecule has 1 heterocycles. The Bertz CT molecular complexity index is 1370. The third-order valence-corrected chi connectivity index (χ3v) is 8.54. The number of thiazole rings is 1. The van der Waals surface area contributed by atoms with E-state index in [0.717, 1.165) is 33.7 Å². The summed E-state index contributed by atoms with van der Waals surface area (Å²) < 4.78 is 30.4. The Kier molecular flexibility index (Phi) is 7.37. The summed E-state index contributed by atoms with van der Waals surface area (Å²) in [5, 5.41) is 0.698. The molecule has 0 atom stereocenters. The summed E-state index contributed by atoms with van der Waals surface area (Å²) in [6.07, 6.45) is 0. The second kappa shape index (κ2) is 10.2. The molecular weight excluding hydrogens is 484 g/mol. The first-order valence-corrected chi connectivity index (χ1v) is 13.7. The molecule has 0 radical (unpaired) electrons. The maximum absolute atomic E-state index is 12.7. The third kappa shape index (κ3) is 5.63. The van der Waals surface area contributed by atoms with Gasteiger partial charge in [0.25, 0.3) is 0 Å². The average molecular weight is 505 g/mol. The zero-order valence-corrected chi connectivity index (χ0v) is 20.2. The van der Waals surface area contributed by atoms with Crippen LogP contribution in [0, 0.1) is 0 Å². The maximum atomic E-state index is 12.7. The van der Waals surface area contributed by atoms with Gasteiger partial charge >= 0.3 is 4.87 Å². The van der Waals surface area contributed by atoms with Gasteiger partial charge in [0.1, 0.15) is 0 Å². The van der Waals surface area contributed by atoms with Gasteiger partial charge in [0, 0.05) is 23.1 Å². The summed E-state index contributed by atoms with van der Waals surface area (Å²) >= 11 is 8.59. The van der Waals surface area contributed by atoms with Crippen molar-refractivity contribution in [3.8, 4) is 0 Å². The fraction of sp³-hybridized carbons (Fsp3) is 0.174. The Labute approximate surface area is 200 Å². The monoisotopic (exact) mass is 504 g/mol. The van der Waals surface area contributed by atoms with Crippen LogP contribution >= 0.6 is 34.7 Å². The molecule has 9 heteroatoms. The molecule has 1 aromatic heterocycles. The normalized spacial score (nSPS) is 11.8. The summed E-state index contributed by atoms with van der Waals surface area (Å²) in [4.78, 5) is 12.6. The van der Waals surface area contributed by atoms with E-state index in [4.69, 9.17) is 11.6 Å². The van der Waals surface area contributed by atoms with Crippen molar-refractivity contribution in [1.29, 1.82) is 0 Å². The number of thioether (sulfide) groups is 1. The number of rotatable bonds is 9. The molecule has 1 N–H and O–H groups in total. The van der Waals surface area contributed by atoms with Gasteiger partial charge in [-0.2, -0.15) is 11.8 Å². The first kappa shape index (κ1) is 23.1. The minimum Gasteiger partial charge on any atom is -0.294 e. The van der Waals surface area contributed by atoms with Gasteiger partial charge < -0.3 is 0 Å². The zero-order chi connectivity index (χ0) is 22.6. The Morgan fingerprint density at radius 1 is 0.969 bits per heavy atom. The number of halogens is 1. The van der Waals surface area contributed by atoms with E-state index < -0.39 is 10.0 Å². The van der Waals surface area contributed by atoms with Crippen molar-refractivity contribution in [3.63, 3.8) is 0 Å². The lowest BCUT2D eigenvalue weighted by molar-refractivity contribution is 0.584. The molecule has 0 aliphatic rings. The molecule has 166 valence electrons. The van der Waals surface area contributed by atoms with Crippen molar-refractivity contribution in [2.24, 2.45) is 0 Å². The SMILES string of the molecule is O=c1sc2cc(S(=O)(=O)NCCSCc3ccc(Cl)cc3)ccc2n1Cc1ccccc1. The van der Waals surface area contributed by atoms with Gasteiger partial charge in [0.2, 0.25) is 10.0 Å². The quantitative estimate of drug-likeness (QED) is 0.326. The first-order valence-electron chi connectivity index (χ1n) is 9.91. The second-order valence-electron chi connectivity index (χ2n) is 7.15. The Hall–Kier alpha value is -2.10. The molecule has 0 aliphatic heterocycles. The van der Waals surface area contributed by atoms with Gasteiger partial charge in [-0.25, -0.2) is 13.1 Å². The van der Waals surface area contributed by atoms with Crippen LogP contribution in [0.3, 0.4) is 0 Å². The van der Waals surface area contributed by atoms with Gasteiger partial charge in [0.15, 0.2) is 0 Å². The summed E-state index contributed by atoms with van der Waals surface area (Å²) in [5.74, 6) is 1.43. The molecule has 0 amide bonds. The zero-order valence-electron chi connectivity index (χ0n) is 17.0. The van der Waals surface area contributed by atoms with Crippen LogP contribution < -0.4 is 9.60 Å². The minimum atomic E-state index is -3.65. The molecule has 0 saturated carbocycles. The van der Waals surface area contributed by atoms with E-state index in [1.807, 2.05) is 54.6 Å². The topological polar surface area (TPSA) is 68.2 Å². The Morgan fingerprint density at radius 3 is 2.47 bits per heavy atom. The van der Waals surface area contributed by atoms with Crippen molar-refractivity contribution in [3.05, 3.63) is 98.6 Å². The molecule has 0 spiro atoms. The standard InChI is InChI=1S/C23H21ClN2O3S3/c24-19-8-6-18(7-9-19)16-30-13-12-25-32(28,29)20-10-11-21-22(14-20)31-23(27)26(21)15-17-4-2-1-3-5-17/h1-11,14,25H,12-13,15-16H2. The summed E-state index contributed by atoms with van der Waals surface area (Å²) in [6.45, 7) is 0.777. The highest BCUT2D eigenvalue weighted by Crippen LogP contribution is 2.23. The van der Waals surface area contributed by atoms with E-state index >= 15 is 0 Å². The number of fused-ring (bicyclic) bond motifs is 1. The average Bonchev–Trinajstić information content (AvgIpc) is 3.10. The molecule has 3 aromatic carbocycles. The highest BCUT2D eigenvalue weighted by Gasteiger charge is 2.16. The fourth-order valence-electron chi connectivity index (χ4n) is 3.23. The van der Waals surface area contributed by atoms with E-state index in [0.29, 0.717) is 28.6 Å². The molecular formula is C23H21ClN2O3S3. The van der Waals surface area contributed by atoms with E-state index in [2.05, 4.69) is 4.72 Å². The number of nitrogens with zero attached hydrogens (tertiary/aromatic N) is 1. The molecule has 0 saturated heterocycles. The largest absolute Gasteiger partial charge is 0.308 e. The van der Waals surface area contributed by atoms with Gasteiger partial charge in [-0.15, -0.1) is 0 Å². The van der Waals surface area contributed by atoms with Gasteiger partial charge in [-0.05, 0) is 41.5 Å². The number of nitrogens with one attached hydrogen (secondary N) is 1. The smallest absolute Gasteiger partial charge is 0.294 e. The lowest BCUT2D eigenvalue weighted by Crippen LogP contribution is -2.26. The van der Waals surface area contributed by atoms with E-state index in [1.165, 1.54) is 0 Å². The van der Waals surface area contributed by atoms with Crippen molar-refractivity contribution in [2.75, 3.05) is 12.3 Å². The van der Waals surface area contributed by atoms with E-state index in [-0.39, 0.29) is 9.77 Å². The molecule has 5 nitrogen and oxygen atoms in total. The minimum absolute atomic E-state index is 0.107. The van der Waals surface area contributed by atoms with Gasteiger partial charge in [-0.1, -0.05) is 65.4 Å². The van der Waals surface area contributed by atoms with Crippen LogP contribution in [0.15, 0.2) is 82.5 Å². The molecule has 4 aromatic rings. The van der Waals surface area contributed by atoms with Gasteiger partial charge in [0.05, 0.1) is 21.7 Å². The Balaban J connectivity index is 1.39. The highest BCUT2D eigenvalue weighted by atomic mass is 35.5. The highest BCUT2D eigenvalue weighted by molar-refractivity contribution is 7.98. The van der Waals surface area contributed by atoms with Crippen LogP contribution in [-0.2, 0) is 22.3 Å². The van der Waals surface area contributed by atoms with Crippen LogP contribution in [-0.4, -0.2) is 25.3 Å². The van der Waals surface area contributed by atoms with Crippen molar-refractivity contribution >= 4 is 54.9 Å². The van der Waals surface area contributed by atoms with Crippen LogP contribution in [0.5, 0.6) is 0 Å². The summed E-state index contributed by atoms with van der Waals surface area (Å²) in [6, 6.07) is 22.2. The van der Waals surface area contributed by atoms with Crippen molar-refractivity contribution in [2.45, 2.75) is 17.2 Å². The van der Waals surface area contributed by atoms with Crippen molar-refractivity contribution in [1.82, 2.24) is 9.29 Å². The molecule has 0 fully saturated rings. The van der Waals surface area contributed by atoms with Gasteiger partial charge in [-0.3, -0.25) is 9.36 Å². The maximum Gasteiger partial charge on any atom is 0.308 e. The lowest BCUT2D eigenvalue weighted by Gasteiger charge is -2.08. The number of sulfonamides is 1. The molecule has 0 aliphatic carbocycles. The summed E-state index contributed by atoms with van der Waals surface area (Å²) in [5.41, 5.74) is 2.90. The lowest BCUT2D eigenvalue weighted by atomic mass is 10.2. The number of benzene rings is 3. The van der Waals surface area contributed by atoms with E-state index in [9.17, 15) is 13.2 Å². The molecule has 4 rings (SSSR count). The first-order chi connectivity index (χ1) is 15.4. The third-order valence-electron chi connectivity index (χ3n) is 4.85. The molecule has 0 bridgehead atoms. The predicted molar refractivity (Wildman–Crippen MR) is 134 cm³/mol. The van der Waals surface area contributed by atoms with Crippen LogP contribution in [0.1, 0.15) is 11.1 Å². The fourth-order valence-corrected chi connectivity index (χ4v) is 6.37. The molecule has 32 heavy (non-hydrogen) atoms. The van der Waals surface area contributed by atoms with Crippen LogP contribution in [0.4, 0.5) is 0 Å².